The van der Waals surface area contributed by atoms with Crippen LogP contribution in [0, 0.1) is 0 Å². The third kappa shape index (κ3) is 10.6. The summed E-state index contributed by atoms with van der Waals surface area (Å²) in [4.78, 5) is 0. The largest absolute Gasteiger partial charge is 0.356 e. The van der Waals surface area contributed by atoms with Gasteiger partial charge in [-0.15, -0.1) is 0 Å². The van der Waals surface area contributed by atoms with Crippen LogP contribution in [0.15, 0.2) is 24.3 Å². The van der Waals surface area contributed by atoms with Crippen molar-refractivity contribution in [3.05, 3.63) is 24.3 Å². The first-order valence-corrected chi connectivity index (χ1v) is 7.30. The van der Waals surface area contributed by atoms with Gasteiger partial charge >= 0.3 is 0 Å². The van der Waals surface area contributed by atoms with Crippen molar-refractivity contribution in [1.82, 2.24) is 0 Å². The van der Waals surface area contributed by atoms with E-state index in [2.05, 4.69) is 0 Å². The molecular formula is C16H30O7. The topological polar surface area (TPSA) is 64.6 Å². The van der Waals surface area contributed by atoms with E-state index in [1.165, 1.54) is 0 Å². The Hall–Kier alpha value is -0.800. The zero-order valence-corrected chi connectivity index (χ0v) is 14.9. The maximum absolute atomic E-state index is 5.67. The lowest BCUT2D eigenvalue weighted by molar-refractivity contribution is -0.189. The van der Waals surface area contributed by atoms with Crippen LogP contribution in [0.1, 0.15) is 12.8 Å². The van der Waals surface area contributed by atoms with Crippen molar-refractivity contribution in [2.24, 2.45) is 0 Å². The molecule has 2 atom stereocenters. The maximum atomic E-state index is 5.67. The lowest BCUT2D eigenvalue weighted by Crippen LogP contribution is -2.22. The number of rotatable bonds is 14. The second-order valence-electron chi connectivity index (χ2n) is 4.47. The van der Waals surface area contributed by atoms with Gasteiger partial charge in [-0.2, -0.15) is 0 Å². The number of hydrogen-bond donors (Lipinski definition) is 0. The molecule has 0 aliphatic carbocycles. The predicted octanol–water partition coefficient (Wildman–Crippen LogP) is 2.08. The highest BCUT2D eigenvalue weighted by atomic mass is 16.8. The Morgan fingerprint density at radius 1 is 0.565 bits per heavy atom. The van der Waals surface area contributed by atoms with Gasteiger partial charge in [0.05, 0.1) is 0 Å². The maximum Gasteiger partial charge on any atom is 0.179 e. The second kappa shape index (κ2) is 14.8. The van der Waals surface area contributed by atoms with E-state index in [1.54, 1.807) is 54.8 Å². The molecular weight excluding hydrogens is 304 g/mol. The zero-order valence-electron chi connectivity index (χ0n) is 14.9. The van der Waals surface area contributed by atoms with Crippen LogP contribution in [-0.2, 0) is 33.2 Å². The van der Waals surface area contributed by atoms with Gasteiger partial charge in [-0.1, -0.05) is 12.2 Å². The van der Waals surface area contributed by atoms with Gasteiger partial charge in [0.25, 0.3) is 0 Å². The Kier molecular flexibility index (Phi) is 14.3. The van der Waals surface area contributed by atoms with Crippen molar-refractivity contribution in [1.29, 1.82) is 0 Å². The molecule has 136 valence electrons. The lowest BCUT2D eigenvalue weighted by atomic mass is 10.3. The standard InChI is InChI=1S/C16H30O7/c1-17-13(18-2)9-7-11-15(21-5)23-16(22-6)12-8-10-14(19-3)20-4/h7-8,11-16H,9-10H2,1-6H3. The highest BCUT2D eigenvalue weighted by Gasteiger charge is 2.11. The average Bonchev–Trinajstić information content (AvgIpc) is 2.59. The van der Waals surface area contributed by atoms with Gasteiger partial charge in [0.1, 0.15) is 0 Å². The Labute approximate surface area is 139 Å². The molecule has 0 saturated heterocycles. The summed E-state index contributed by atoms with van der Waals surface area (Å²) in [6.07, 6.45) is 6.81. The summed E-state index contributed by atoms with van der Waals surface area (Å²) in [7, 11) is 9.47. The lowest BCUT2D eigenvalue weighted by Gasteiger charge is -2.19. The highest BCUT2D eigenvalue weighted by Crippen LogP contribution is 2.08. The second-order valence-corrected chi connectivity index (χ2v) is 4.47. The van der Waals surface area contributed by atoms with Crippen LogP contribution < -0.4 is 0 Å². The molecule has 0 radical (unpaired) electrons. The van der Waals surface area contributed by atoms with E-state index in [0.29, 0.717) is 12.8 Å². The normalized spacial score (nSPS) is 15.3. The van der Waals surface area contributed by atoms with Crippen molar-refractivity contribution in [3.8, 4) is 0 Å². The van der Waals surface area contributed by atoms with Gasteiger partial charge in [0.15, 0.2) is 25.2 Å². The van der Waals surface area contributed by atoms with E-state index in [0.717, 1.165) is 0 Å². The van der Waals surface area contributed by atoms with Gasteiger partial charge in [0, 0.05) is 55.5 Å². The van der Waals surface area contributed by atoms with Crippen molar-refractivity contribution in [3.63, 3.8) is 0 Å². The Balaban J connectivity index is 4.38. The number of ether oxygens (including phenoxy) is 7. The molecule has 0 amide bonds. The first-order chi connectivity index (χ1) is 11.1. The fourth-order valence-electron chi connectivity index (χ4n) is 1.67. The third-order valence-electron chi connectivity index (χ3n) is 3.03. The molecule has 0 bridgehead atoms. The molecule has 0 saturated carbocycles. The van der Waals surface area contributed by atoms with Crippen molar-refractivity contribution < 1.29 is 33.2 Å². The SMILES string of the molecule is COC(C=CCC(OC)OC)OC(C=CCC(OC)OC)OC. The van der Waals surface area contributed by atoms with Crippen molar-refractivity contribution in [2.45, 2.75) is 38.0 Å². The molecule has 7 nitrogen and oxygen atoms in total. The summed E-state index contributed by atoms with van der Waals surface area (Å²) >= 11 is 0. The smallest absolute Gasteiger partial charge is 0.179 e. The van der Waals surface area contributed by atoms with E-state index in [9.17, 15) is 0 Å². The van der Waals surface area contributed by atoms with Crippen molar-refractivity contribution in [2.75, 3.05) is 42.7 Å². The first kappa shape index (κ1) is 22.2. The minimum atomic E-state index is -0.542. The van der Waals surface area contributed by atoms with Crippen LogP contribution in [0.4, 0.5) is 0 Å². The van der Waals surface area contributed by atoms with Crippen LogP contribution in [-0.4, -0.2) is 67.8 Å². The minimum Gasteiger partial charge on any atom is -0.356 e. The molecule has 0 aromatic heterocycles. The fraction of sp³-hybridized carbons (Fsp3) is 0.750. The van der Waals surface area contributed by atoms with Gasteiger partial charge in [-0.25, -0.2) is 0 Å². The monoisotopic (exact) mass is 334 g/mol. The Morgan fingerprint density at radius 3 is 1.17 bits per heavy atom. The van der Waals surface area contributed by atoms with E-state index >= 15 is 0 Å². The fourth-order valence-corrected chi connectivity index (χ4v) is 1.67. The van der Waals surface area contributed by atoms with Gasteiger partial charge in [0.2, 0.25) is 0 Å². The first-order valence-electron chi connectivity index (χ1n) is 7.30. The molecule has 0 rings (SSSR count). The molecule has 0 fully saturated rings. The zero-order chi connectivity index (χ0) is 17.5. The van der Waals surface area contributed by atoms with E-state index in [4.69, 9.17) is 33.2 Å². The summed E-state index contributed by atoms with van der Waals surface area (Å²) in [5, 5.41) is 0. The van der Waals surface area contributed by atoms with E-state index in [-0.39, 0.29) is 12.6 Å². The summed E-state index contributed by atoms with van der Waals surface area (Å²) < 4.78 is 36.6. The van der Waals surface area contributed by atoms with Crippen molar-refractivity contribution >= 4 is 0 Å². The van der Waals surface area contributed by atoms with Gasteiger partial charge < -0.3 is 33.2 Å². The number of hydrogen-bond acceptors (Lipinski definition) is 7. The van der Waals surface area contributed by atoms with Crippen LogP contribution in [0.5, 0.6) is 0 Å². The Bertz CT molecular complexity index is 282. The highest BCUT2D eigenvalue weighted by molar-refractivity contribution is 4.90. The average molecular weight is 334 g/mol. The van der Waals surface area contributed by atoms with Gasteiger partial charge in [-0.05, 0) is 12.2 Å². The molecule has 2 unspecified atom stereocenters. The molecule has 23 heavy (non-hydrogen) atoms. The predicted molar refractivity (Wildman–Crippen MR) is 85.8 cm³/mol. The van der Waals surface area contributed by atoms with Gasteiger partial charge in [-0.3, -0.25) is 0 Å². The summed E-state index contributed by atoms with van der Waals surface area (Å²) in [5.41, 5.74) is 0. The molecule has 0 aliphatic rings. The minimum absolute atomic E-state index is 0.290. The molecule has 7 heteroatoms. The molecule has 0 heterocycles. The molecule has 0 N–H and O–H groups in total. The number of methoxy groups -OCH3 is 6. The van der Waals surface area contributed by atoms with Crippen LogP contribution in [0.25, 0.3) is 0 Å². The van der Waals surface area contributed by atoms with Crippen LogP contribution in [0.3, 0.4) is 0 Å². The van der Waals surface area contributed by atoms with Crippen LogP contribution in [0.2, 0.25) is 0 Å². The molecule has 0 aromatic carbocycles. The summed E-state index contributed by atoms with van der Waals surface area (Å²) in [6, 6.07) is 0. The van der Waals surface area contributed by atoms with E-state index < -0.39 is 12.6 Å². The molecule has 0 spiro atoms. The van der Waals surface area contributed by atoms with Crippen LogP contribution >= 0.6 is 0 Å². The molecule has 0 aromatic rings. The molecule has 0 aliphatic heterocycles. The quantitative estimate of drug-likeness (QED) is 0.356. The third-order valence-corrected chi connectivity index (χ3v) is 3.03. The van der Waals surface area contributed by atoms with E-state index in [1.807, 2.05) is 12.2 Å². The summed E-state index contributed by atoms with van der Waals surface area (Å²) in [6.45, 7) is 0. The summed E-state index contributed by atoms with van der Waals surface area (Å²) in [5.74, 6) is 0. The Morgan fingerprint density at radius 2 is 0.913 bits per heavy atom.